The Morgan fingerprint density at radius 2 is 2.11 bits per heavy atom. The summed E-state index contributed by atoms with van der Waals surface area (Å²) in [6.45, 7) is 7.82. The fourth-order valence-electron chi connectivity index (χ4n) is 1.79. The topological polar surface area (TPSA) is 50.2 Å². The number of carbonyl (C=O) groups excluding carboxylic acids is 1. The predicted octanol–water partition coefficient (Wildman–Crippen LogP) is 1.39. The highest BCUT2D eigenvalue weighted by Crippen LogP contribution is 2.04. The van der Waals surface area contributed by atoms with Gasteiger partial charge in [-0.3, -0.25) is 9.48 Å². The standard InChI is InChI=1S/C13H24N4O/c1-10(2)17-7-6-12(15-17)13(18)14-8-11(3)9-16(4)5/h6-7,10-11H,8-9H2,1-5H3,(H,14,18)/t11-/m0/s1. The van der Waals surface area contributed by atoms with Gasteiger partial charge >= 0.3 is 0 Å². The second-order valence-electron chi connectivity index (χ2n) is 5.35. The predicted molar refractivity (Wildman–Crippen MR) is 72.7 cm³/mol. The van der Waals surface area contributed by atoms with E-state index in [-0.39, 0.29) is 11.9 Å². The fourth-order valence-corrected chi connectivity index (χ4v) is 1.79. The molecule has 1 amide bonds. The number of aromatic nitrogens is 2. The molecule has 1 aromatic rings. The summed E-state index contributed by atoms with van der Waals surface area (Å²) in [5, 5.41) is 7.16. The first-order valence-electron chi connectivity index (χ1n) is 6.38. The Morgan fingerprint density at radius 3 is 2.61 bits per heavy atom. The van der Waals surface area contributed by atoms with Crippen LogP contribution < -0.4 is 5.32 Å². The summed E-state index contributed by atoms with van der Waals surface area (Å²) in [7, 11) is 4.06. The number of hydrogen-bond donors (Lipinski definition) is 1. The summed E-state index contributed by atoms with van der Waals surface area (Å²) in [6, 6.07) is 2.03. The third-order valence-electron chi connectivity index (χ3n) is 2.66. The lowest BCUT2D eigenvalue weighted by Crippen LogP contribution is -2.33. The van der Waals surface area contributed by atoms with E-state index in [2.05, 4.69) is 22.2 Å². The first kappa shape index (κ1) is 14.7. The maximum absolute atomic E-state index is 11.9. The highest BCUT2D eigenvalue weighted by molar-refractivity contribution is 5.92. The molecule has 1 rings (SSSR count). The molecule has 18 heavy (non-hydrogen) atoms. The SMILES string of the molecule is CC(C)n1ccc(C(=O)NC[C@H](C)CN(C)C)n1. The van der Waals surface area contributed by atoms with E-state index in [0.29, 0.717) is 18.2 Å². The van der Waals surface area contributed by atoms with Gasteiger partial charge in [-0.15, -0.1) is 0 Å². The zero-order valence-corrected chi connectivity index (χ0v) is 12.0. The molecule has 5 heteroatoms. The second-order valence-corrected chi connectivity index (χ2v) is 5.35. The lowest BCUT2D eigenvalue weighted by atomic mass is 10.1. The molecule has 0 bridgehead atoms. The van der Waals surface area contributed by atoms with Crippen molar-refractivity contribution in [1.82, 2.24) is 20.0 Å². The first-order valence-corrected chi connectivity index (χ1v) is 6.38. The van der Waals surface area contributed by atoms with E-state index >= 15 is 0 Å². The van der Waals surface area contributed by atoms with Crippen molar-refractivity contribution in [2.45, 2.75) is 26.8 Å². The van der Waals surface area contributed by atoms with Gasteiger partial charge in [-0.1, -0.05) is 6.92 Å². The molecular formula is C13H24N4O. The Kier molecular flexibility index (Phi) is 5.34. The Labute approximate surface area is 109 Å². The molecule has 1 N–H and O–H groups in total. The molecule has 0 aromatic carbocycles. The lowest BCUT2D eigenvalue weighted by molar-refractivity contribution is 0.0940. The van der Waals surface area contributed by atoms with Gasteiger partial charge in [0.05, 0.1) is 0 Å². The van der Waals surface area contributed by atoms with Crippen molar-refractivity contribution < 1.29 is 4.79 Å². The third-order valence-corrected chi connectivity index (χ3v) is 2.66. The Morgan fingerprint density at radius 1 is 1.44 bits per heavy atom. The van der Waals surface area contributed by atoms with E-state index in [1.807, 2.05) is 34.1 Å². The quantitative estimate of drug-likeness (QED) is 0.832. The second kappa shape index (κ2) is 6.54. The maximum Gasteiger partial charge on any atom is 0.271 e. The summed E-state index contributed by atoms with van der Waals surface area (Å²) in [5.74, 6) is 0.330. The highest BCUT2D eigenvalue weighted by atomic mass is 16.1. The van der Waals surface area contributed by atoms with Gasteiger partial charge < -0.3 is 10.2 Å². The number of carbonyl (C=O) groups is 1. The minimum absolute atomic E-state index is 0.0972. The van der Waals surface area contributed by atoms with Gasteiger partial charge in [0.15, 0.2) is 0 Å². The lowest BCUT2D eigenvalue weighted by Gasteiger charge is -2.16. The zero-order chi connectivity index (χ0) is 13.7. The van der Waals surface area contributed by atoms with Crippen LogP contribution in [0, 0.1) is 5.92 Å². The van der Waals surface area contributed by atoms with Crippen LogP contribution in [-0.2, 0) is 0 Å². The van der Waals surface area contributed by atoms with Crippen molar-refractivity contribution in [3.63, 3.8) is 0 Å². The monoisotopic (exact) mass is 252 g/mol. The van der Waals surface area contributed by atoms with Crippen molar-refractivity contribution >= 4 is 5.91 Å². The van der Waals surface area contributed by atoms with Crippen molar-refractivity contribution in [3.8, 4) is 0 Å². The molecule has 5 nitrogen and oxygen atoms in total. The Bertz CT molecular complexity index is 384. The van der Waals surface area contributed by atoms with E-state index in [1.165, 1.54) is 0 Å². The number of rotatable bonds is 6. The van der Waals surface area contributed by atoms with Crippen LogP contribution in [-0.4, -0.2) is 47.8 Å². The normalized spacial score (nSPS) is 13.1. The van der Waals surface area contributed by atoms with Gasteiger partial charge in [-0.05, 0) is 39.9 Å². The zero-order valence-electron chi connectivity index (χ0n) is 12.0. The molecule has 0 radical (unpaired) electrons. The van der Waals surface area contributed by atoms with Crippen LogP contribution >= 0.6 is 0 Å². The largest absolute Gasteiger partial charge is 0.350 e. The van der Waals surface area contributed by atoms with Crippen LogP contribution in [0.4, 0.5) is 0 Å². The number of nitrogens with zero attached hydrogens (tertiary/aromatic N) is 3. The van der Waals surface area contributed by atoms with E-state index in [1.54, 1.807) is 10.7 Å². The van der Waals surface area contributed by atoms with Gasteiger partial charge in [0.1, 0.15) is 5.69 Å². The summed E-state index contributed by atoms with van der Waals surface area (Å²) < 4.78 is 1.79. The van der Waals surface area contributed by atoms with E-state index in [0.717, 1.165) is 6.54 Å². The summed E-state index contributed by atoms with van der Waals surface area (Å²) in [4.78, 5) is 14.0. The van der Waals surface area contributed by atoms with Crippen molar-refractivity contribution in [2.24, 2.45) is 5.92 Å². The molecular weight excluding hydrogens is 228 g/mol. The molecule has 1 atom stereocenters. The molecule has 0 fully saturated rings. The number of amides is 1. The van der Waals surface area contributed by atoms with Crippen molar-refractivity contribution in [2.75, 3.05) is 27.2 Å². The van der Waals surface area contributed by atoms with Crippen molar-refractivity contribution in [3.05, 3.63) is 18.0 Å². The maximum atomic E-state index is 11.9. The Balaban J connectivity index is 2.45. The van der Waals surface area contributed by atoms with Crippen LogP contribution in [0.2, 0.25) is 0 Å². The molecule has 0 unspecified atom stereocenters. The minimum atomic E-state index is -0.0972. The van der Waals surface area contributed by atoms with Crippen LogP contribution in [0.5, 0.6) is 0 Å². The van der Waals surface area contributed by atoms with Crippen LogP contribution in [0.1, 0.15) is 37.3 Å². The van der Waals surface area contributed by atoms with Gasteiger partial charge in [0, 0.05) is 25.3 Å². The number of nitrogens with one attached hydrogen (secondary N) is 1. The smallest absolute Gasteiger partial charge is 0.271 e. The summed E-state index contributed by atoms with van der Waals surface area (Å²) >= 11 is 0. The molecule has 0 spiro atoms. The molecule has 0 aliphatic carbocycles. The van der Waals surface area contributed by atoms with E-state index in [9.17, 15) is 4.79 Å². The average Bonchev–Trinajstić information content (AvgIpc) is 2.74. The molecule has 1 aromatic heterocycles. The molecule has 0 saturated heterocycles. The van der Waals surface area contributed by atoms with Gasteiger partial charge in [0.2, 0.25) is 0 Å². The Hall–Kier alpha value is -1.36. The molecule has 0 saturated carbocycles. The van der Waals surface area contributed by atoms with E-state index < -0.39 is 0 Å². The third kappa shape index (κ3) is 4.49. The molecule has 1 heterocycles. The van der Waals surface area contributed by atoms with Crippen LogP contribution in [0.3, 0.4) is 0 Å². The van der Waals surface area contributed by atoms with Gasteiger partial charge in [0.25, 0.3) is 5.91 Å². The molecule has 0 aliphatic heterocycles. The minimum Gasteiger partial charge on any atom is -0.350 e. The molecule has 0 aliphatic rings. The summed E-state index contributed by atoms with van der Waals surface area (Å²) in [5.41, 5.74) is 0.487. The molecule has 102 valence electrons. The highest BCUT2D eigenvalue weighted by Gasteiger charge is 2.12. The fraction of sp³-hybridized carbons (Fsp3) is 0.692. The van der Waals surface area contributed by atoms with Crippen molar-refractivity contribution in [1.29, 1.82) is 0 Å². The van der Waals surface area contributed by atoms with Crippen LogP contribution in [0.15, 0.2) is 12.3 Å². The van der Waals surface area contributed by atoms with Gasteiger partial charge in [-0.2, -0.15) is 5.10 Å². The average molecular weight is 252 g/mol. The first-order chi connectivity index (χ1) is 8.40. The van der Waals surface area contributed by atoms with E-state index in [4.69, 9.17) is 0 Å². The van der Waals surface area contributed by atoms with Crippen LogP contribution in [0.25, 0.3) is 0 Å². The number of hydrogen-bond acceptors (Lipinski definition) is 3. The van der Waals surface area contributed by atoms with Gasteiger partial charge in [-0.25, -0.2) is 0 Å². The summed E-state index contributed by atoms with van der Waals surface area (Å²) in [6.07, 6.45) is 1.84.